The molecular weight excluding hydrogens is 336 g/mol. The van der Waals surface area contributed by atoms with Gasteiger partial charge < -0.3 is 9.64 Å². The van der Waals surface area contributed by atoms with E-state index in [0.29, 0.717) is 13.0 Å². The molecule has 2 saturated heterocycles. The van der Waals surface area contributed by atoms with Crippen molar-refractivity contribution in [1.82, 2.24) is 19.4 Å². The minimum Gasteiger partial charge on any atom is -0.379 e. The number of rotatable bonds is 3. The molecule has 25 heavy (non-hydrogen) atoms. The fraction of sp³-hybridized carbons (Fsp3) is 0.500. The first-order valence-electron chi connectivity index (χ1n) is 8.54. The first-order valence-corrected chi connectivity index (χ1v) is 9.38. The highest BCUT2D eigenvalue weighted by Crippen LogP contribution is 2.34. The Morgan fingerprint density at radius 2 is 2.12 bits per heavy atom. The van der Waals surface area contributed by atoms with Crippen LogP contribution in [0.5, 0.6) is 0 Å². The van der Waals surface area contributed by atoms with Crippen molar-refractivity contribution >= 4 is 17.4 Å². The molecule has 1 amide bonds. The van der Waals surface area contributed by atoms with Gasteiger partial charge in [-0.15, -0.1) is 5.10 Å². The van der Waals surface area contributed by atoms with E-state index < -0.39 is 0 Å². The summed E-state index contributed by atoms with van der Waals surface area (Å²) in [6.07, 6.45) is 0.593. The lowest BCUT2D eigenvalue weighted by molar-refractivity contribution is -0.126. The highest BCUT2D eigenvalue weighted by Gasteiger charge is 2.44. The molecule has 7 heteroatoms. The van der Waals surface area contributed by atoms with Crippen molar-refractivity contribution in [2.45, 2.75) is 13.0 Å². The fourth-order valence-corrected chi connectivity index (χ4v) is 4.32. The first-order chi connectivity index (χ1) is 12.1. The van der Waals surface area contributed by atoms with Gasteiger partial charge in [-0.05, 0) is 17.1 Å². The highest BCUT2D eigenvalue weighted by atomic mass is 32.1. The molecule has 2 aromatic rings. The summed E-state index contributed by atoms with van der Waals surface area (Å²) in [7, 11) is 1.89. The number of ether oxygens (including phenoxy) is 1. The number of likely N-dealkylation sites (tertiary alicyclic amines) is 1. The molecular formula is C18H22N4O2S. The standard InChI is InChI=1S/C18H22N4O2S/c1-21-11-18(8-17(21)23)12-22(6-7-24-13-18)9-14-2-4-15(5-3-14)16-10-25-20-19-16/h2-5,10H,6-9,11-13H2,1H3/t18-/m0/s1. The van der Waals surface area contributed by atoms with Crippen molar-refractivity contribution in [2.24, 2.45) is 5.41 Å². The topological polar surface area (TPSA) is 58.6 Å². The van der Waals surface area contributed by atoms with Gasteiger partial charge in [-0.3, -0.25) is 9.69 Å². The minimum absolute atomic E-state index is 0.0610. The van der Waals surface area contributed by atoms with E-state index in [1.807, 2.05) is 17.3 Å². The summed E-state index contributed by atoms with van der Waals surface area (Å²) in [6.45, 7) is 4.87. The van der Waals surface area contributed by atoms with E-state index in [-0.39, 0.29) is 11.3 Å². The van der Waals surface area contributed by atoms with E-state index in [1.54, 1.807) is 0 Å². The van der Waals surface area contributed by atoms with Crippen LogP contribution in [0.15, 0.2) is 29.6 Å². The number of nitrogens with zero attached hydrogens (tertiary/aromatic N) is 4. The van der Waals surface area contributed by atoms with Gasteiger partial charge in [0.1, 0.15) is 5.69 Å². The Morgan fingerprint density at radius 1 is 1.28 bits per heavy atom. The summed E-state index contributed by atoms with van der Waals surface area (Å²) in [6, 6.07) is 8.50. The maximum Gasteiger partial charge on any atom is 0.223 e. The molecule has 0 saturated carbocycles. The molecule has 2 aliphatic heterocycles. The monoisotopic (exact) mass is 358 g/mol. The first kappa shape index (κ1) is 16.6. The van der Waals surface area contributed by atoms with E-state index in [1.165, 1.54) is 17.1 Å². The molecule has 1 atom stereocenters. The average molecular weight is 358 g/mol. The summed E-state index contributed by atoms with van der Waals surface area (Å²) >= 11 is 1.37. The number of aromatic nitrogens is 2. The van der Waals surface area contributed by atoms with Crippen molar-refractivity contribution in [3.8, 4) is 11.3 Å². The fourth-order valence-electron chi connectivity index (χ4n) is 3.85. The second-order valence-electron chi connectivity index (χ2n) is 7.18. The Balaban J connectivity index is 1.45. The van der Waals surface area contributed by atoms with Crippen LogP contribution in [-0.4, -0.2) is 65.2 Å². The molecule has 0 unspecified atom stereocenters. The number of benzene rings is 1. The van der Waals surface area contributed by atoms with Gasteiger partial charge in [0.2, 0.25) is 5.91 Å². The third-order valence-electron chi connectivity index (χ3n) is 5.06. The molecule has 0 aliphatic carbocycles. The lowest BCUT2D eigenvalue weighted by Crippen LogP contribution is -2.40. The number of hydrogen-bond donors (Lipinski definition) is 0. The van der Waals surface area contributed by atoms with Crippen LogP contribution in [-0.2, 0) is 16.1 Å². The summed E-state index contributed by atoms with van der Waals surface area (Å²) in [5.74, 6) is 0.228. The van der Waals surface area contributed by atoms with Crippen molar-refractivity contribution in [3.63, 3.8) is 0 Å². The van der Waals surface area contributed by atoms with E-state index in [9.17, 15) is 4.79 Å². The van der Waals surface area contributed by atoms with Gasteiger partial charge in [-0.1, -0.05) is 28.8 Å². The zero-order valence-electron chi connectivity index (χ0n) is 14.4. The van der Waals surface area contributed by atoms with Crippen molar-refractivity contribution in [2.75, 3.05) is 39.9 Å². The van der Waals surface area contributed by atoms with Crippen LogP contribution in [0.4, 0.5) is 0 Å². The SMILES string of the molecule is CN1C[C@@]2(COCCN(Cc3ccc(-c4csnn4)cc3)C2)CC1=O. The zero-order chi connectivity index (χ0) is 17.3. The third-order valence-corrected chi connectivity index (χ3v) is 5.56. The van der Waals surface area contributed by atoms with Crippen molar-refractivity contribution in [3.05, 3.63) is 35.2 Å². The van der Waals surface area contributed by atoms with Gasteiger partial charge in [0.15, 0.2) is 0 Å². The maximum atomic E-state index is 12.0. The normalized spacial score (nSPS) is 24.8. The molecule has 6 nitrogen and oxygen atoms in total. The molecule has 0 bridgehead atoms. The Labute approximate surface area is 151 Å². The van der Waals surface area contributed by atoms with Crippen LogP contribution in [0.1, 0.15) is 12.0 Å². The van der Waals surface area contributed by atoms with Crippen LogP contribution < -0.4 is 0 Å². The lowest BCUT2D eigenvalue weighted by atomic mass is 9.87. The van der Waals surface area contributed by atoms with Gasteiger partial charge in [-0.25, -0.2) is 0 Å². The van der Waals surface area contributed by atoms with Gasteiger partial charge >= 0.3 is 0 Å². The molecule has 0 radical (unpaired) electrons. The quantitative estimate of drug-likeness (QED) is 0.839. The smallest absolute Gasteiger partial charge is 0.223 e. The average Bonchev–Trinajstić information content (AvgIpc) is 3.17. The second-order valence-corrected chi connectivity index (χ2v) is 7.79. The second kappa shape index (κ2) is 6.82. The van der Waals surface area contributed by atoms with E-state index in [0.717, 1.165) is 44.0 Å². The number of amides is 1. The third kappa shape index (κ3) is 3.58. The molecule has 1 spiro atoms. The highest BCUT2D eigenvalue weighted by molar-refractivity contribution is 7.03. The van der Waals surface area contributed by atoms with Crippen LogP contribution in [0.2, 0.25) is 0 Å². The molecule has 4 rings (SSSR count). The number of carbonyl (C=O) groups is 1. The van der Waals surface area contributed by atoms with E-state index in [2.05, 4.69) is 38.8 Å². The van der Waals surface area contributed by atoms with Crippen LogP contribution in [0.3, 0.4) is 0 Å². The molecule has 132 valence electrons. The molecule has 1 aromatic carbocycles. The van der Waals surface area contributed by atoms with Gasteiger partial charge in [0, 0.05) is 56.0 Å². The Bertz CT molecular complexity index is 734. The van der Waals surface area contributed by atoms with Gasteiger partial charge in [-0.2, -0.15) is 0 Å². The van der Waals surface area contributed by atoms with Crippen molar-refractivity contribution < 1.29 is 9.53 Å². The Hall–Kier alpha value is -1.83. The van der Waals surface area contributed by atoms with Gasteiger partial charge in [0.05, 0.1) is 13.2 Å². The summed E-state index contributed by atoms with van der Waals surface area (Å²) < 4.78 is 9.75. The summed E-state index contributed by atoms with van der Waals surface area (Å²) in [5, 5.41) is 6.07. The van der Waals surface area contributed by atoms with E-state index in [4.69, 9.17) is 4.74 Å². The van der Waals surface area contributed by atoms with Crippen LogP contribution in [0, 0.1) is 5.41 Å². The zero-order valence-corrected chi connectivity index (χ0v) is 15.2. The van der Waals surface area contributed by atoms with Crippen LogP contribution in [0.25, 0.3) is 11.3 Å². The molecule has 1 aromatic heterocycles. The summed E-state index contributed by atoms with van der Waals surface area (Å²) in [5.41, 5.74) is 3.22. The number of carbonyl (C=O) groups excluding carboxylic acids is 1. The number of hydrogen-bond acceptors (Lipinski definition) is 6. The molecule has 2 fully saturated rings. The predicted octanol–water partition coefficient (Wildman–Crippen LogP) is 1.89. The van der Waals surface area contributed by atoms with Gasteiger partial charge in [0.25, 0.3) is 0 Å². The van der Waals surface area contributed by atoms with Crippen LogP contribution >= 0.6 is 11.5 Å². The maximum absolute atomic E-state index is 12.0. The lowest BCUT2D eigenvalue weighted by Gasteiger charge is -2.30. The van der Waals surface area contributed by atoms with E-state index >= 15 is 0 Å². The molecule has 0 N–H and O–H groups in total. The predicted molar refractivity (Wildman–Crippen MR) is 96.1 cm³/mol. The molecule has 3 heterocycles. The Kier molecular flexibility index (Phi) is 4.54. The van der Waals surface area contributed by atoms with Crippen molar-refractivity contribution in [1.29, 1.82) is 0 Å². The Morgan fingerprint density at radius 3 is 2.80 bits per heavy atom. The largest absolute Gasteiger partial charge is 0.379 e. The summed E-state index contributed by atoms with van der Waals surface area (Å²) in [4.78, 5) is 16.3. The minimum atomic E-state index is -0.0610. The molecule has 2 aliphatic rings.